The molecule has 1 aliphatic carbocycles. The van der Waals surface area contributed by atoms with E-state index in [-0.39, 0.29) is 31.5 Å². The van der Waals surface area contributed by atoms with Gasteiger partial charge >= 0.3 is 12.4 Å². The van der Waals surface area contributed by atoms with E-state index in [9.17, 15) is 41.0 Å². The van der Waals surface area contributed by atoms with Crippen molar-refractivity contribution in [2.45, 2.75) is 69.4 Å². The summed E-state index contributed by atoms with van der Waals surface area (Å²) < 4.78 is 81.1. The van der Waals surface area contributed by atoms with Crippen molar-refractivity contribution in [1.29, 1.82) is 0 Å². The maximum atomic E-state index is 14.1. The lowest BCUT2D eigenvalue weighted by atomic mass is 9.62. The number of aliphatic hydroxyl groups excluding tert-OH is 1. The molecule has 6 nitrogen and oxygen atoms in total. The fourth-order valence-corrected chi connectivity index (χ4v) is 5.79. The molecule has 3 atom stereocenters. The summed E-state index contributed by atoms with van der Waals surface area (Å²) in [7, 11) is 0. The predicted molar refractivity (Wildman–Crippen MR) is 104 cm³/mol. The molecule has 0 radical (unpaired) electrons. The Morgan fingerprint density at radius 1 is 0.939 bits per heavy atom. The van der Waals surface area contributed by atoms with Crippen LogP contribution in [0.15, 0.2) is 0 Å². The summed E-state index contributed by atoms with van der Waals surface area (Å²) in [5.41, 5.74) is -3.01. The van der Waals surface area contributed by atoms with Gasteiger partial charge in [0.25, 0.3) is 0 Å². The van der Waals surface area contributed by atoms with Crippen molar-refractivity contribution >= 4 is 11.8 Å². The highest BCUT2D eigenvalue weighted by atomic mass is 19.4. The fraction of sp³-hybridized carbons (Fsp3) is 0.905. The van der Waals surface area contributed by atoms with Gasteiger partial charge in [-0.2, -0.15) is 26.3 Å². The van der Waals surface area contributed by atoms with Crippen LogP contribution in [0.25, 0.3) is 0 Å². The normalized spacial score (nSPS) is 32.0. The number of rotatable bonds is 2. The average Bonchev–Trinajstić information content (AvgIpc) is 3.21. The Morgan fingerprint density at radius 2 is 1.58 bits per heavy atom. The second kappa shape index (κ2) is 8.28. The first-order valence-corrected chi connectivity index (χ1v) is 11.4. The lowest BCUT2D eigenvalue weighted by Gasteiger charge is -2.51. The number of aliphatic hydroxyl groups is 1. The molecule has 188 valence electrons. The molecule has 2 amide bonds. The van der Waals surface area contributed by atoms with E-state index >= 15 is 0 Å². The summed E-state index contributed by atoms with van der Waals surface area (Å²) in [5, 5.41) is 13.6. The van der Waals surface area contributed by atoms with Gasteiger partial charge in [-0.15, -0.1) is 0 Å². The van der Waals surface area contributed by atoms with Gasteiger partial charge in [0.15, 0.2) is 0 Å². The van der Waals surface area contributed by atoms with Gasteiger partial charge in [0.05, 0.1) is 18.1 Å². The Balaban J connectivity index is 1.40. The summed E-state index contributed by atoms with van der Waals surface area (Å²) in [6, 6.07) is -0.702. The minimum Gasteiger partial charge on any atom is -0.392 e. The van der Waals surface area contributed by atoms with E-state index in [0.29, 0.717) is 11.4 Å². The minimum atomic E-state index is -4.94. The highest BCUT2D eigenvalue weighted by Gasteiger charge is 2.63. The van der Waals surface area contributed by atoms with E-state index in [1.165, 1.54) is 4.90 Å². The Hall–Kier alpha value is -1.56. The number of likely N-dealkylation sites (tertiary alicyclic amines) is 2. The van der Waals surface area contributed by atoms with Gasteiger partial charge in [0.2, 0.25) is 11.8 Å². The van der Waals surface area contributed by atoms with Gasteiger partial charge in [0, 0.05) is 38.1 Å². The zero-order chi connectivity index (χ0) is 24.2. The van der Waals surface area contributed by atoms with Crippen LogP contribution in [0.3, 0.4) is 0 Å². The zero-order valence-corrected chi connectivity index (χ0v) is 18.1. The maximum absolute atomic E-state index is 14.1. The van der Waals surface area contributed by atoms with Gasteiger partial charge in [-0.25, -0.2) is 0 Å². The van der Waals surface area contributed by atoms with Crippen LogP contribution in [0.1, 0.15) is 44.9 Å². The number of carbonyl (C=O) groups is 2. The van der Waals surface area contributed by atoms with Gasteiger partial charge < -0.3 is 20.2 Å². The van der Waals surface area contributed by atoms with Crippen molar-refractivity contribution < 1.29 is 41.0 Å². The highest BCUT2D eigenvalue weighted by Crippen LogP contribution is 2.50. The first-order chi connectivity index (χ1) is 15.3. The van der Waals surface area contributed by atoms with Crippen molar-refractivity contribution in [3.8, 4) is 0 Å². The molecule has 4 fully saturated rings. The monoisotopic (exact) mass is 485 g/mol. The number of carbonyl (C=O) groups excluding carboxylic acids is 2. The number of alkyl halides is 6. The lowest BCUT2D eigenvalue weighted by Crippen LogP contribution is -2.63. The van der Waals surface area contributed by atoms with Crippen LogP contribution >= 0.6 is 0 Å². The Labute approximate surface area is 187 Å². The number of halogens is 6. The number of amides is 2. The van der Waals surface area contributed by atoms with Crippen molar-refractivity contribution in [1.82, 2.24) is 15.1 Å². The van der Waals surface area contributed by atoms with Crippen LogP contribution in [0, 0.1) is 16.7 Å². The molecule has 33 heavy (non-hydrogen) atoms. The van der Waals surface area contributed by atoms with Gasteiger partial charge in [0.1, 0.15) is 5.41 Å². The third kappa shape index (κ3) is 4.21. The minimum absolute atomic E-state index is 0.186. The SMILES string of the molecule is O=C([C@@H]1C[C@@H](O)C2(CCC2)CN1)N1CCC(C(=O)N2CC[C@H](C(F)(F)F)C2)(C(F)(F)F)CC1. The van der Waals surface area contributed by atoms with E-state index < -0.39 is 73.5 Å². The quantitative estimate of drug-likeness (QED) is 0.590. The maximum Gasteiger partial charge on any atom is 0.403 e. The number of hydrogen-bond acceptors (Lipinski definition) is 4. The molecule has 3 saturated heterocycles. The summed E-state index contributed by atoms with van der Waals surface area (Å²) >= 11 is 0. The number of hydrogen-bond donors (Lipinski definition) is 2. The summed E-state index contributed by atoms with van der Waals surface area (Å²) in [6.07, 6.45) is -9.01. The molecule has 0 unspecified atom stereocenters. The fourth-order valence-electron chi connectivity index (χ4n) is 5.79. The van der Waals surface area contributed by atoms with Crippen molar-refractivity contribution in [3.63, 3.8) is 0 Å². The van der Waals surface area contributed by atoms with Gasteiger partial charge in [-0.05, 0) is 38.5 Å². The van der Waals surface area contributed by atoms with Gasteiger partial charge in [-0.3, -0.25) is 9.59 Å². The molecule has 0 bridgehead atoms. The molecule has 4 aliphatic rings. The van der Waals surface area contributed by atoms with Crippen LogP contribution < -0.4 is 5.32 Å². The van der Waals surface area contributed by atoms with E-state index in [2.05, 4.69) is 5.32 Å². The molecule has 2 N–H and O–H groups in total. The standard InChI is InChI=1S/C21H29F6N3O3/c22-20(23,24)13-2-7-30(11-13)17(33)19(21(25,26)27)5-8-29(9-6-19)16(32)14-10-15(31)18(12-28-14)3-1-4-18/h13-15,28,31H,1-12H2/t13-,14-,15+/m0/s1. The molecular formula is C21H29F6N3O3. The molecular weight excluding hydrogens is 456 g/mol. The molecule has 12 heteroatoms. The topological polar surface area (TPSA) is 72.9 Å². The molecule has 3 heterocycles. The van der Waals surface area contributed by atoms with Crippen LogP contribution in [-0.4, -0.2) is 83.9 Å². The summed E-state index contributed by atoms with van der Waals surface area (Å²) in [4.78, 5) is 27.7. The van der Waals surface area contributed by atoms with Crippen molar-refractivity contribution in [2.75, 3.05) is 32.7 Å². The molecule has 0 aromatic rings. The Kier molecular flexibility index (Phi) is 6.16. The molecule has 1 saturated carbocycles. The van der Waals surface area contributed by atoms with E-state index in [0.717, 1.165) is 19.3 Å². The van der Waals surface area contributed by atoms with E-state index in [1.807, 2.05) is 0 Å². The molecule has 1 spiro atoms. The van der Waals surface area contributed by atoms with Crippen molar-refractivity contribution in [3.05, 3.63) is 0 Å². The van der Waals surface area contributed by atoms with Gasteiger partial charge in [-0.1, -0.05) is 6.42 Å². The van der Waals surface area contributed by atoms with Crippen LogP contribution in [0.2, 0.25) is 0 Å². The Bertz CT molecular complexity index is 774. The van der Waals surface area contributed by atoms with Crippen molar-refractivity contribution in [2.24, 2.45) is 16.7 Å². The summed E-state index contributed by atoms with van der Waals surface area (Å²) in [6.45, 7) is -1.30. The van der Waals surface area contributed by atoms with Crippen LogP contribution in [0.5, 0.6) is 0 Å². The average molecular weight is 485 g/mol. The molecule has 0 aromatic carbocycles. The largest absolute Gasteiger partial charge is 0.403 e. The second-order valence-electron chi connectivity index (χ2n) is 10.1. The third-order valence-corrected chi connectivity index (χ3v) is 8.33. The smallest absolute Gasteiger partial charge is 0.392 e. The second-order valence-corrected chi connectivity index (χ2v) is 10.1. The number of nitrogens with zero attached hydrogens (tertiary/aromatic N) is 2. The van der Waals surface area contributed by atoms with E-state index in [4.69, 9.17) is 0 Å². The van der Waals surface area contributed by atoms with Crippen LogP contribution in [-0.2, 0) is 9.59 Å². The number of nitrogens with one attached hydrogen (secondary N) is 1. The third-order valence-electron chi connectivity index (χ3n) is 8.33. The summed E-state index contributed by atoms with van der Waals surface area (Å²) in [5.74, 6) is -3.56. The molecule has 4 rings (SSSR count). The first-order valence-electron chi connectivity index (χ1n) is 11.4. The van der Waals surface area contributed by atoms with Crippen LogP contribution in [0.4, 0.5) is 26.3 Å². The zero-order valence-electron chi connectivity index (χ0n) is 18.1. The predicted octanol–water partition coefficient (Wildman–Crippen LogP) is 2.46. The lowest BCUT2D eigenvalue weighted by molar-refractivity contribution is -0.238. The Morgan fingerprint density at radius 3 is 2.03 bits per heavy atom. The molecule has 0 aromatic heterocycles. The highest BCUT2D eigenvalue weighted by molar-refractivity contribution is 5.86. The number of piperidine rings is 2. The van der Waals surface area contributed by atoms with E-state index in [1.54, 1.807) is 0 Å². The molecule has 3 aliphatic heterocycles. The first kappa shape index (κ1) is 24.6.